The quantitative estimate of drug-likeness (QED) is 0.824. The number of methoxy groups -OCH3 is 1. The number of likely N-dealkylation sites (tertiary alicyclic amines) is 1. The number of halogens is 1. The number of nitrogens with one attached hydrogen (secondary N) is 1. The number of carbonyl (C=O) groups is 3. The number of rotatable bonds is 3. The lowest BCUT2D eigenvalue weighted by molar-refractivity contribution is -0.143. The van der Waals surface area contributed by atoms with Crippen molar-refractivity contribution >= 4 is 35.3 Å². The summed E-state index contributed by atoms with van der Waals surface area (Å²) >= 11 is 5.90. The maximum Gasteiger partial charge on any atom is 0.339 e. The Balaban J connectivity index is 2.15. The maximum absolute atomic E-state index is 12.3. The first kappa shape index (κ1) is 17.1. The molecule has 0 radical (unpaired) electrons. The third kappa shape index (κ3) is 4.13. The van der Waals surface area contributed by atoms with E-state index in [0.717, 1.165) is 0 Å². The van der Waals surface area contributed by atoms with Crippen molar-refractivity contribution in [2.45, 2.75) is 12.8 Å². The summed E-state index contributed by atoms with van der Waals surface area (Å²) in [6.07, 6.45) is 1.16. The Morgan fingerprint density at radius 2 is 2.13 bits per heavy atom. The molecule has 0 spiro atoms. The van der Waals surface area contributed by atoms with Crippen LogP contribution in [-0.4, -0.2) is 48.2 Å². The molecule has 23 heavy (non-hydrogen) atoms. The van der Waals surface area contributed by atoms with Crippen molar-refractivity contribution in [3.63, 3.8) is 0 Å². The minimum Gasteiger partial charge on any atom is -0.481 e. The Morgan fingerprint density at radius 1 is 1.39 bits per heavy atom. The van der Waals surface area contributed by atoms with E-state index in [-0.39, 0.29) is 17.8 Å². The Kier molecular flexibility index (Phi) is 5.44. The fourth-order valence-electron chi connectivity index (χ4n) is 2.47. The fraction of sp³-hybridized carbons (Fsp3) is 0.400. The minimum atomic E-state index is -0.916. The van der Waals surface area contributed by atoms with Gasteiger partial charge in [0.25, 0.3) is 0 Å². The van der Waals surface area contributed by atoms with Gasteiger partial charge in [0.2, 0.25) is 0 Å². The van der Waals surface area contributed by atoms with Crippen LogP contribution in [0.1, 0.15) is 23.2 Å². The predicted octanol–water partition coefficient (Wildman–Crippen LogP) is 2.46. The number of carboxylic acids is 1. The fourth-order valence-corrected chi connectivity index (χ4v) is 2.64. The van der Waals surface area contributed by atoms with Gasteiger partial charge in [-0.15, -0.1) is 0 Å². The SMILES string of the molecule is COC(=O)c1ccc(Cl)cc1NC(=O)N1CCCC(C(=O)O)C1. The molecule has 1 atom stereocenters. The summed E-state index contributed by atoms with van der Waals surface area (Å²) in [6.45, 7) is 0.596. The van der Waals surface area contributed by atoms with Gasteiger partial charge in [0, 0.05) is 18.1 Å². The number of urea groups is 1. The number of anilines is 1. The molecule has 1 unspecified atom stereocenters. The molecule has 124 valence electrons. The van der Waals surface area contributed by atoms with Crippen molar-refractivity contribution in [3.05, 3.63) is 28.8 Å². The van der Waals surface area contributed by atoms with Gasteiger partial charge >= 0.3 is 18.0 Å². The van der Waals surface area contributed by atoms with E-state index >= 15 is 0 Å². The van der Waals surface area contributed by atoms with Crippen molar-refractivity contribution in [1.29, 1.82) is 0 Å². The van der Waals surface area contributed by atoms with Crippen LogP contribution in [0.2, 0.25) is 5.02 Å². The Bertz CT molecular complexity index is 634. The van der Waals surface area contributed by atoms with E-state index in [1.165, 1.54) is 30.2 Å². The lowest BCUT2D eigenvalue weighted by atomic mass is 9.99. The number of ether oxygens (including phenoxy) is 1. The van der Waals surface area contributed by atoms with Gasteiger partial charge in [-0.3, -0.25) is 4.79 Å². The van der Waals surface area contributed by atoms with E-state index in [2.05, 4.69) is 10.1 Å². The highest BCUT2D eigenvalue weighted by atomic mass is 35.5. The first-order chi connectivity index (χ1) is 10.9. The van der Waals surface area contributed by atoms with Crippen molar-refractivity contribution in [2.75, 3.05) is 25.5 Å². The Morgan fingerprint density at radius 3 is 2.78 bits per heavy atom. The highest BCUT2D eigenvalue weighted by Crippen LogP contribution is 2.23. The summed E-state index contributed by atoms with van der Waals surface area (Å²) in [5, 5.41) is 12.0. The molecule has 1 heterocycles. The topological polar surface area (TPSA) is 95.9 Å². The van der Waals surface area contributed by atoms with Crippen molar-refractivity contribution in [1.82, 2.24) is 4.90 Å². The van der Waals surface area contributed by atoms with Crippen LogP contribution < -0.4 is 5.32 Å². The predicted molar refractivity (Wildman–Crippen MR) is 83.7 cm³/mol. The van der Waals surface area contributed by atoms with E-state index < -0.39 is 23.9 Å². The zero-order valence-corrected chi connectivity index (χ0v) is 13.3. The van der Waals surface area contributed by atoms with Crippen LogP contribution in [0, 0.1) is 5.92 Å². The van der Waals surface area contributed by atoms with E-state index in [9.17, 15) is 14.4 Å². The molecular formula is C15H17ClN2O5. The maximum atomic E-state index is 12.3. The zero-order chi connectivity index (χ0) is 17.0. The minimum absolute atomic E-state index is 0.134. The summed E-state index contributed by atoms with van der Waals surface area (Å²) in [5.74, 6) is -2.09. The second-order valence-electron chi connectivity index (χ2n) is 5.24. The first-order valence-electron chi connectivity index (χ1n) is 7.09. The van der Waals surface area contributed by atoms with Crippen molar-refractivity contribution < 1.29 is 24.2 Å². The zero-order valence-electron chi connectivity index (χ0n) is 12.5. The number of hydrogen-bond acceptors (Lipinski definition) is 4. The summed E-state index contributed by atoms with van der Waals surface area (Å²) in [7, 11) is 1.24. The summed E-state index contributed by atoms with van der Waals surface area (Å²) in [4.78, 5) is 36.6. The molecule has 2 rings (SSSR count). The van der Waals surface area contributed by atoms with Gasteiger partial charge in [-0.1, -0.05) is 11.6 Å². The molecule has 0 saturated carbocycles. The molecule has 0 aliphatic carbocycles. The molecular weight excluding hydrogens is 324 g/mol. The van der Waals surface area contributed by atoms with Crippen LogP contribution >= 0.6 is 11.6 Å². The molecule has 1 saturated heterocycles. The molecule has 1 fully saturated rings. The third-order valence-electron chi connectivity index (χ3n) is 3.69. The molecule has 8 heteroatoms. The van der Waals surface area contributed by atoms with Crippen LogP contribution in [0.3, 0.4) is 0 Å². The number of carbonyl (C=O) groups excluding carboxylic acids is 2. The average molecular weight is 341 g/mol. The standard InChI is InChI=1S/C15H17ClN2O5/c1-23-14(21)11-5-4-10(16)7-12(11)17-15(22)18-6-2-3-9(8-18)13(19)20/h4-5,7,9H,2-3,6,8H2,1H3,(H,17,22)(H,19,20). The Labute approximate surface area is 138 Å². The number of piperidine rings is 1. The number of benzene rings is 1. The molecule has 2 amide bonds. The van der Waals surface area contributed by atoms with E-state index in [1.54, 1.807) is 0 Å². The molecule has 0 bridgehead atoms. The van der Waals surface area contributed by atoms with Gasteiger partial charge < -0.3 is 20.1 Å². The number of nitrogens with zero attached hydrogens (tertiary/aromatic N) is 1. The first-order valence-corrected chi connectivity index (χ1v) is 7.46. The van der Waals surface area contributed by atoms with E-state index in [4.69, 9.17) is 16.7 Å². The summed E-state index contributed by atoms with van der Waals surface area (Å²) in [6, 6.07) is 3.96. The second-order valence-corrected chi connectivity index (χ2v) is 5.67. The lowest BCUT2D eigenvalue weighted by Crippen LogP contribution is -2.44. The normalized spacial score (nSPS) is 17.5. The molecule has 7 nitrogen and oxygen atoms in total. The van der Waals surface area contributed by atoms with Gasteiger partial charge in [-0.05, 0) is 31.0 Å². The highest BCUT2D eigenvalue weighted by Gasteiger charge is 2.28. The second kappa shape index (κ2) is 7.32. The average Bonchev–Trinajstić information content (AvgIpc) is 2.54. The van der Waals surface area contributed by atoms with E-state index in [1.807, 2.05) is 0 Å². The highest BCUT2D eigenvalue weighted by molar-refractivity contribution is 6.31. The number of esters is 1. The van der Waals surface area contributed by atoms with Crippen molar-refractivity contribution in [3.8, 4) is 0 Å². The number of carboxylic acid groups (broad SMARTS) is 1. The third-order valence-corrected chi connectivity index (χ3v) is 3.92. The molecule has 2 N–H and O–H groups in total. The van der Waals surface area contributed by atoms with Gasteiger partial charge in [0.1, 0.15) is 0 Å². The molecule has 0 aromatic heterocycles. The van der Waals surface area contributed by atoms with Crippen molar-refractivity contribution in [2.24, 2.45) is 5.92 Å². The largest absolute Gasteiger partial charge is 0.481 e. The molecule has 1 aliphatic rings. The van der Waals surface area contributed by atoms with Crippen LogP contribution in [0.25, 0.3) is 0 Å². The number of amides is 2. The van der Waals surface area contributed by atoms with E-state index in [0.29, 0.717) is 24.4 Å². The molecule has 1 aromatic rings. The van der Waals surface area contributed by atoms with Crippen LogP contribution in [0.4, 0.5) is 10.5 Å². The van der Waals surface area contributed by atoms with Crippen LogP contribution in [0.5, 0.6) is 0 Å². The lowest BCUT2D eigenvalue weighted by Gasteiger charge is -2.30. The number of hydrogen-bond donors (Lipinski definition) is 2. The van der Waals surface area contributed by atoms with Gasteiger partial charge in [0.15, 0.2) is 0 Å². The summed E-state index contributed by atoms with van der Waals surface area (Å²) in [5.41, 5.74) is 0.406. The monoisotopic (exact) mass is 340 g/mol. The number of aliphatic carboxylic acids is 1. The summed E-state index contributed by atoms with van der Waals surface area (Å²) < 4.78 is 4.67. The Hall–Kier alpha value is -2.28. The van der Waals surface area contributed by atoms with Crippen LogP contribution in [0.15, 0.2) is 18.2 Å². The van der Waals surface area contributed by atoms with Gasteiger partial charge in [-0.25, -0.2) is 9.59 Å². The van der Waals surface area contributed by atoms with Gasteiger partial charge in [-0.2, -0.15) is 0 Å². The molecule has 1 aromatic carbocycles. The smallest absolute Gasteiger partial charge is 0.339 e. The molecule has 1 aliphatic heterocycles. The van der Waals surface area contributed by atoms with Crippen LogP contribution in [-0.2, 0) is 9.53 Å². The van der Waals surface area contributed by atoms with Gasteiger partial charge in [0.05, 0.1) is 24.3 Å².